The lowest BCUT2D eigenvalue weighted by molar-refractivity contribution is -0.119. The Labute approximate surface area is 124 Å². The lowest BCUT2D eigenvalue weighted by Crippen LogP contribution is -2.38. The summed E-state index contributed by atoms with van der Waals surface area (Å²) in [6.45, 7) is 4.30. The number of carbonyl (C=O) groups is 1. The Bertz CT molecular complexity index is 581. The lowest BCUT2D eigenvalue weighted by atomic mass is 10.0. The largest absolute Gasteiger partial charge is 0.297 e. The van der Waals surface area contributed by atoms with Crippen molar-refractivity contribution in [1.82, 2.24) is 5.01 Å². The molecule has 1 atom stereocenters. The predicted octanol–water partition coefficient (Wildman–Crippen LogP) is 3.12. The highest BCUT2D eigenvalue weighted by Gasteiger charge is 2.22. The molecule has 1 aromatic carbocycles. The highest BCUT2D eigenvalue weighted by Crippen LogP contribution is 2.16. The topological polar surface area (TPSA) is 32.7 Å². The zero-order valence-corrected chi connectivity index (χ0v) is 12.4. The summed E-state index contributed by atoms with van der Waals surface area (Å²) >= 11 is 5.88. The molecule has 0 fully saturated rings. The van der Waals surface area contributed by atoms with Crippen LogP contribution in [0.15, 0.2) is 29.4 Å². The fourth-order valence-corrected chi connectivity index (χ4v) is 2.12. The molecule has 1 unspecified atom stereocenters. The number of Topliss-reactive ketones (excluding diaryl/α,β-unsaturated/α-hetero) is 1. The van der Waals surface area contributed by atoms with Crippen LogP contribution >= 0.6 is 11.6 Å². The average molecular weight is 289 g/mol. The van der Waals surface area contributed by atoms with Crippen molar-refractivity contribution < 1.29 is 4.79 Å². The Morgan fingerprint density at radius 3 is 2.75 bits per heavy atom. The van der Waals surface area contributed by atoms with E-state index in [1.54, 1.807) is 5.01 Å². The van der Waals surface area contributed by atoms with Crippen molar-refractivity contribution in [3.05, 3.63) is 34.9 Å². The van der Waals surface area contributed by atoms with Gasteiger partial charge in [0, 0.05) is 11.4 Å². The van der Waals surface area contributed by atoms with Crippen molar-refractivity contribution in [2.24, 2.45) is 5.10 Å². The van der Waals surface area contributed by atoms with Crippen LogP contribution in [0.4, 0.5) is 0 Å². The summed E-state index contributed by atoms with van der Waals surface area (Å²) in [5.41, 5.74) is 1.71. The molecular weight excluding hydrogens is 272 g/mol. The van der Waals surface area contributed by atoms with Gasteiger partial charge in [0.1, 0.15) is 6.04 Å². The summed E-state index contributed by atoms with van der Waals surface area (Å²) < 4.78 is 0. The molecule has 4 heteroatoms. The Morgan fingerprint density at radius 1 is 1.40 bits per heavy atom. The lowest BCUT2D eigenvalue weighted by Gasteiger charge is -2.27. The van der Waals surface area contributed by atoms with Crippen molar-refractivity contribution in [3.8, 4) is 11.8 Å². The van der Waals surface area contributed by atoms with Crippen LogP contribution in [0, 0.1) is 11.8 Å². The molecule has 20 heavy (non-hydrogen) atoms. The molecule has 0 radical (unpaired) electrons. The average Bonchev–Trinajstić information content (AvgIpc) is 2.44. The number of hydrogen-bond donors (Lipinski definition) is 0. The van der Waals surface area contributed by atoms with Crippen LogP contribution < -0.4 is 0 Å². The minimum atomic E-state index is -0.0542. The zero-order valence-electron chi connectivity index (χ0n) is 11.7. The van der Waals surface area contributed by atoms with Crippen molar-refractivity contribution in [2.45, 2.75) is 32.7 Å². The van der Waals surface area contributed by atoms with Gasteiger partial charge in [-0.3, -0.25) is 9.80 Å². The Hall–Kier alpha value is -1.79. The molecule has 1 aliphatic rings. The fraction of sp³-hybridized carbons (Fsp3) is 0.375. The molecule has 0 saturated carbocycles. The Kier molecular flexibility index (Phi) is 4.81. The maximum absolute atomic E-state index is 11.9. The predicted molar refractivity (Wildman–Crippen MR) is 81.8 cm³/mol. The van der Waals surface area contributed by atoms with E-state index >= 15 is 0 Å². The molecule has 0 aliphatic carbocycles. The van der Waals surface area contributed by atoms with E-state index < -0.39 is 0 Å². The van der Waals surface area contributed by atoms with Gasteiger partial charge < -0.3 is 0 Å². The van der Waals surface area contributed by atoms with Crippen molar-refractivity contribution in [3.63, 3.8) is 0 Å². The molecule has 3 nitrogen and oxygen atoms in total. The molecule has 0 bridgehead atoms. The number of ketones is 1. The fourth-order valence-electron chi connectivity index (χ4n) is 2.00. The normalized spacial score (nSPS) is 16.2. The van der Waals surface area contributed by atoms with Crippen LogP contribution in [0.3, 0.4) is 0 Å². The number of rotatable bonds is 2. The second-order valence-corrected chi connectivity index (χ2v) is 5.15. The number of halogens is 1. The molecule has 0 spiro atoms. The molecule has 0 N–H and O–H groups in total. The maximum Gasteiger partial charge on any atom is 0.159 e. The first-order chi connectivity index (χ1) is 9.60. The van der Waals surface area contributed by atoms with Gasteiger partial charge in [0.05, 0.1) is 18.7 Å². The van der Waals surface area contributed by atoms with E-state index in [2.05, 4.69) is 16.9 Å². The van der Waals surface area contributed by atoms with Crippen LogP contribution in [0.5, 0.6) is 0 Å². The molecule has 0 saturated heterocycles. The van der Waals surface area contributed by atoms with Gasteiger partial charge in [-0.15, -0.1) is 5.92 Å². The molecular formula is C16H17ClN2O. The zero-order chi connectivity index (χ0) is 14.5. The second-order valence-electron chi connectivity index (χ2n) is 4.72. The third-order valence-electron chi connectivity index (χ3n) is 3.06. The van der Waals surface area contributed by atoms with Gasteiger partial charge in [-0.25, -0.2) is 0 Å². The van der Waals surface area contributed by atoms with Gasteiger partial charge in [0.15, 0.2) is 5.78 Å². The first kappa shape index (κ1) is 14.6. The number of hydrogen-bond acceptors (Lipinski definition) is 3. The number of carbonyl (C=O) groups excluding carboxylic acids is 1. The van der Waals surface area contributed by atoms with Gasteiger partial charge >= 0.3 is 0 Å². The van der Waals surface area contributed by atoms with Crippen LogP contribution in [-0.4, -0.2) is 29.1 Å². The summed E-state index contributed by atoms with van der Waals surface area (Å²) in [6, 6.07) is 7.34. The summed E-state index contributed by atoms with van der Waals surface area (Å²) in [6.07, 6.45) is 1.17. The SMILES string of the molecule is CCC#CC(C)N1CC(=O)CC(c2ccc(Cl)cc2)=N1. The Balaban J connectivity index is 2.25. The standard InChI is InChI=1S/C16H17ClN2O/c1-3-4-5-12(2)19-11-15(20)10-16(18-19)13-6-8-14(17)9-7-13/h6-9,12H,3,10-11H2,1-2H3. The molecule has 1 aliphatic heterocycles. The highest BCUT2D eigenvalue weighted by atomic mass is 35.5. The first-order valence-electron chi connectivity index (χ1n) is 6.70. The highest BCUT2D eigenvalue weighted by molar-refractivity contribution is 6.30. The molecule has 1 aromatic rings. The summed E-state index contributed by atoms with van der Waals surface area (Å²) in [5, 5.41) is 7.01. The van der Waals surface area contributed by atoms with Crippen LogP contribution in [0.2, 0.25) is 5.02 Å². The van der Waals surface area contributed by atoms with E-state index in [0.29, 0.717) is 18.0 Å². The van der Waals surface area contributed by atoms with Crippen molar-refractivity contribution >= 4 is 23.1 Å². The van der Waals surface area contributed by atoms with Gasteiger partial charge in [-0.1, -0.05) is 36.6 Å². The molecule has 0 aromatic heterocycles. The number of hydrazone groups is 1. The monoisotopic (exact) mass is 288 g/mol. The molecule has 2 rings (SSSR count). The molecule has 1 heterocycles. The third kappa shape index (κ3) is 3.61. The van der Waals surface area contributed by atoms with Crippen LogP contribution in [0.1, 0.15) is 32.3 Å². The van der Waals surface area contributed by atoms with E-state index in [9.17, 15) is 4.79 Å². The number of benzene rings is 1. The van der Waals surface area contributed by atoms with Crippen molar-refractivity contribution in [2.75, 3.05) is 6.54 Å². The van der Waals surface area contributed by atoms with Gasteiger partial charge in [-0.2, -0.15) is 5.10 Å². The van der Waals surface area contributed by atoms with Gasteiger partial charge in [0.2, 0.25) is 0 Å². The summed E-state index contributed by atoms with van der Waals surface area (Å²) in [5.74, 6) is 6.29. The first-order valence-corrected chi connectivity index (χ1v) is 7.08. The van der Waals surface area contributed by atoms with Crippen molar-refractivity contribution in [1.29, 1.82) is 0 Å². The van der Waals surface area contributed by atoms with E-state index in [4.69, 9.17) is 11.6 Å². The van der Waals surface area contributed by atoms with E-state index in [-0.39, 0.29) is 11.8 Å². The van der Waals surface area contributed by atoms with E-state index in [0.717, 1.165) is 17.7 Å². The van der Waals surface area contributed by atoms with Gasteiger partial charge in [-0.05, 0) is 24.6 Å². The quantitative estimate of drug-likeness (QED) is 0.783. The van der Waals surface area contributed by atoms with Gasteiger partial charge in [0.25, 0.3) is 0 Å². The molecule has 0 amide bonds. The molecule has 104 valence electrons. The second kappa shape index (κ2) is 6.58. The van der Waals surface area contributed by atoms with E-state index in [1.807, 2.05) is 38.1 Å². The minimum Gasteiger partial charge on any atom is -0.297 e. The third-order valence-corrected chi connectivity index (χ3v) is 3.32. The maximum atomic E-state index is 11.9. The minimum absolute atomic E-state index is 0.0542. The summed E-state index contributed by atoms with van der Waals surface area (Å²) in [4.78, 5) is 11.9. The summed E-state index contributed by atoms with van der Waals surface area (Å²) in [7, 11) is 0. The number of nitrogens with zero attached hydrogens (tertiary/aromatic N) is 2. The smallest absolute Gasteiger partial charge is 0.159 e. The Morgan fingerprint density at radius 2 is 2.10 bits per heavy atom. The van der Waals surface area contributed by atoms with Crippen LogP contribution in [-0.2, 0) is 4.79 Å². The van der Waals surface area contributed by atoms with Crippen LogP contribution in [0.25, 0.3) is 0 Å². The van der Waals surface area contributed by atoms with E-state index in [1.165, 1.54) is 0 Å².